The third-order valence-electron chi connectivity index (χ3n) is 2.08. The molecule has 1 heterocycles. The second-order valence-electron chi connectivity index (χ2n) is 3.10. The highest BCUT2D eigenvalue weighted by atomic mass is 19.3. The van der Waals surface area contributed by atoms with Gasteiger partial charge in [-0.15, -0.1) is 0 Å². The molecule has 0 aliphatic carbocycles. The average Bonchev–Trinajstić information content (AvgIpc) is 2.36. The number of rotatable bonds is 4. The van der Waals surface area contributed by atoms with Crippen molar-refractivity contribution >= 4 is 5.97 Å². The van der Waals surface area contributed by atoms with E-state index in [1.165, 1.54) is 0 Å². The second kappa shape index (κ2) is 5.91. The Bertz CT molecular complexity index is 498. The lowest BCUT2D eigenvalue weighted by Gasteiger charge is -2.11. The minimum atomic E-state index is -2.88. The molecule has 0 radical (unpaired) electrons. The van der Waals surface area contributed by atoms with Crippen molar-refractivity contribution < 1.29 is 23.0 Å². The van der Waals surface area contributed by atoms with E-state index in [-0.39, 0.29) is 18.1 Å². The van der Waals surface area contributed by atoms with Gasteiger partial charge in [0.05, 0.1) is 19.3 Å². The van der Waals surface area contributed by atoms with Crippen LogP contribution in [0.3, 0.4) is 0 Å². The molecule has 0 saturated carbocycles. The summed E-state index contributed by atoms with van der Waals surface area (Å²) in [5.74, 6) is -1.12. The molecule has 0 saturated heterocycles. The maximum Gasteiger partial charge on any atom is 0.360 e. The Kier molecular flexibility index (Phi) is 4.54. The summed E-state index contributed by atoms with van der Waals surface area (Å²) < 4.78 is 34.8. The number of nitrogens with zero attached hydrogens (tertiary/aromatic N) is 2. The Hall–Kier alpha value is -2.23. The summed E-state index contributed by atoms with van der Waals surface area (Å²) in [4.78, 5) is 15.1. The molecule has 18 heavy (non-hydrogen) atoms. The van der Waals surface area contributed by atoms with Gasteiger partial charge < -0.3 is 9.47 Å². The largest absolute Gasteiger partial charge is 0.493 e. The molecule has 0 aromatic carbocycles. The van der Waals surface area contributed by atoms with Crippen molar-refractivity contribution in [1.82, 2.24) is 4.98 Å². The average molecular weight is 256 g/mol. The number of halogens is 2. The van der Waals surface area contributed by atoms with E-state index in [1.54, 1.807) is 13.0 Å². The molecule has 0 fully saturated rings. The normalized spacial score (nSPS) is 10.0. The molecule has 0 bridgehead atoms. The number of pyridine rings is 1. The van der Waals surface area contributed by atoms with Gasteiger partial charge in [0.25, 0.3) is 6.43 Å². The number of nitriles is 1. The van der Waals surface area contributed by atoms with Gasteiger partial charge in [0.15, 0.2) is 11.4 Å². The minimum Gasteiger partial charge on any atom is -0.493 e. The molecule has 0 N–H and O–H groups in total. The molecule has 0 unspecified atom stereocenters. The summed E-state index contributed by atoms with van der Waals surface area (Å²) in [6.45, 7) is 1.69. The van der Waals surface area contributed by atoms with E-state index in [9.17, 15) is 13.6 Å². The lowest BCUT2D eigenvalue weighted by atomic mass is 10.1. The molecule has 96 valence electrons. The first-order valence-corrected chi connectivity index (χ1v) is 4.99. The van der Waals surface area contributed by atoms with Crippen LogP contribution in [-0.2, 0) is 4.74 Å². The van der Waals surface area contributed by atoms with Crippen LogP contribution in [0.4, 0.5) is 8.78 Å². The molecule has 5 nitrogen and oxygen atoms in total. The van der Waals surface area contributed by atoms with Crippen LogP contribution in [-0.4, -0.2) is 24.7 Å². The number of ether oxygens (including phenoxy) is 2. The fourth-order valence-corrected chi connectivity index (χ4v) is 1.33. The molecular formula is C11H10F2N2O3. The molecular weight excluding hydrogens is 246 g/mol. The van der Waals surface area contributed by atoms with Gasteiger partial charge in [0.1, 0.15) is 11.6 Å². The third-order valence-corrected chi connectivity index (χ3v) is 2.08. The highest BCUT2D eigenvalue weighted by Crippen LogP contribution is 2.31. The SMILES string of the molecule is CCOC(=O)c1ncc(C(F)F)c(C#N)c1OC. The predicted octanol–water partition coefficient (Wildman–Crippen LogP) is 2.08. The monoisotopic (exact) mass is 256 g/mol. The number of carbonyl (C=O) groups is 1. The summed E-state index contributed by atoms with van der Waals surface area (Å²) in [5.41, 5.74) is -1.28. The zero-order valence-corrected chi connectivity index (χ0v) is 9.74. The van der Waals surface area contributed by atoms with Gasteiger partial charge in [0, 0.05) is 6.20 Å². The number of hydrogen-bond acceptors (Lipinski definition) is 5. The third kappa shape index (κ3) is 2.53. The molecule has 0 spiro atoms. The van der Waals surface area contributed by atoms with Crippen molar-refractivity contribution in [1.29, 1.82) is 5.26 Å². The van der Waals surface area contributed by atoms with Crippen LogP contribution in [0.25, 0.3) is 0 Å². The van der Waals surface area contributed by atoms with E-state index in [0.29, 0.717) is 0 Å². The molecule has 1 aromatic heterocycles. The van der Waals surface area contributed by atoms with Gasteiger partial charge in [-0.05, 0) is 6.92 Å². The van der Waals surface area contributed by atoms with E-state index in [1.807, 2.05) is 0 Å². The molecule has 0 aliphatic rings. The maximum absolute atomic E-state index is 12.6. The number of carbonyl (C=O) groups excluding carboxylic acids is 1. The standard InChI is InChI=1S/C11H10F2N2O3/c1-3-18-11(16)8-9(17-2)6(4-14)7(5-15-8)10(12)13/h5,10H,3H2,1-2H3. The second-order valence-corrected chi connectivity index (χ2v) is 3.10. The molecule has 1 rings (SSSR count). The summed E-state index contributed by atoms with van der Waals surface area (Å²) in [6, 6.07) is 1.58. The lowest BCUT2D eigenvalue weighted by molar-refractivity contribution is 0.0514. The lowest BCUT2D eigenvalue weighted by Crippen LogP contribution is -2.11. The number of methoxy groups -OCH3 is 1. The first-order valence-electron chi connectivity index (χ1n) is 4.99. The topological polar surface area (TPSA) is 72.2 Å². The number of alkyl halides is 2. The predicted molar refractivity (Wildman–Crippen MR) is 56.4 cm³/mol. The Morgan fingerprint density at radius 3 is 2.72 bits per heavy atom. The van der Waals surface area contributed by atoms with Crippen LogP contribution in [0.1, 0.15) is 35.0 Å². The van der Waals surface area contributed by atoms with Gasteiger partial charge in [-0.2, -0.15) is 5.26 Å². The highest BCUT2D eigenvalue weighted by molar-refractivity contribution is 5.91. The fourth-order valence-electron chi connectivity index (χ4n) is 1.33. The van der Waals surface area contributed by atoms with Gasteiger partial charge in [0.2, 0.25) is 0 Å². The molecule has 0 aliphatic heterocycles. The van der Waals surface area contributed by atoms with Crippen LogP contribution < -0.4 is 4.74 Å². The van der Waals surface area contributed by atoms with Gasteiger partial charge in [-0.1, -0.05) is 0 Å². The number of hydrogen-bond donors (Lipinski definition) is 0. The fraction of sp³-hybridized carbons (Fsp3) is 0.364. The van der Waals surface area contributed by atoms with Crippen LogP contribution >= 0.6 is 0 Å². The zero-order valence-electron chi connectivity index (χ0n) is 9.74. The Morgan fingerprint density at radius 1 is 1.61 bits per heavy atom. The van der Waals surface area contributed by atoms with Crippen molar-refractivity contribution in [2.75, 3.05) is 13.7 Å². The van der Waals surface area contributed by atoms with E-state index in [2.05, 4.69) is 4.98 Å². The number of esters is 1. The van der Waals surface area contributed by atoms with Crippen molar-refractivity contribution in [3.63, 3.8) is 0 Å². The Balaban J connectivity index is 3.40. The molecule has 0 amide bonds. The van der Waals surface area contributed by atoms with Crippen LogP contribution in [0, 0.1) is 11.3 Å². The number of aromatic nitrogens is 1. The van der Waals surface area contributed by atoms with Gasteiger partial charge >= 0.3 is 5.97 Å². The smallest absolute Gasteiger partial charge is 0.360 e. The Labute approximate surface area is 102 Å². The maximum atomic E-state index is 12.6. The van der Waals surface area contributed by atoms with Crippen molar-refractivity contribution in [2.24, 2.45) is 0 Å². The zero-order chi connectivity index (χ0) is 13.7. The van der Waals surface area contributed by atoms with Crippen LogP contribution in [0.2, 0.25) is 0 Å². The molecule has 0 atom stereocenters. The first kappa shape index (κ1) is 13.8. The molecule has 1 aromatic rings. The van der Waals surface area contributed by atoms with Gasteiger partial charge in [-0.25, -0.2) is 18.6 Å². The van der Waals surface area contributed by atoms with E-state index in [0.717, 1.165) is 13.3 Å². The molecule has 7 heteroatoms. The first-order chi connectivity index (χ1) is 8.56. The highest BCUT2D eigenvalue weighted by Gasteiger charge is 2.25. The van der Waals surface area contributed by atoms with Gasteiger partial charge in [-0.3, -0.25) is 0 Å². The Morgan fingerprint density at radius 2 is 2.28 bits per heavy atom. The van der Waals surface area contributed by atoms with Crippen LogP contribution in [0.5, 0.6) is 5.75 Å². The van der Waals surface area contributed by atoms with Crippen molar-refractivity contribution in [3.05, 3.63) is 23.0 Å². The quantitative estimate of drug-likeness (QED) is 0.771. The summed E-state index contributed by atoms with van der Waals surface area (Å²) >= 11 is 0. The van der Waals surface area contributed by atoms with Crippen LogP contribution in [0.15, 0.2) is 6.20 Å². The van der Waals surface area contributed by atoms with E-state index >= 15 is 0 Å². The summed E-state index contributed by atoms with van der Waals surface area (Å²) in [7, 11) is 1.16. The van der Waals surface area contributed by atoms with E-state index in [4.69, 9.17) is 14.7 Å². The van der Waals surface area contributed by atoms with E-state index < -0.39 is 23.5 Å². The summed E-state index contributed by atoms with van der Waals surface area (Å²) in [5, 5.41) is 8.87. The minimum absolute atomic E-state index is 0.0994. The van der Waals surface area contributed by atoms with Crippen molar-refractivity contribution in [2.45, 2.75) is 13.3 Å². The van der Waals surface area contributed by atoms with Crippen molar-refractivity contribution in [3.8, 4) is 11.8 Å². The summed E-state index contributed by atoms with van der Waals surface area (Å²) in [6.07, 6.45) is -2.10.